The quantitative estimate of drug-likeness (QED) is 0.618. The molecule has 0 radical (unpaired) electrons. The maximum absolute atomic E-state index is 11.0. The van der Waals surface area contributed by atoms with E-state index in [2.05, 4.69) is 9.97 Å². The second-order valence-electron chi connectivity index (χ2n) is 3.54. The third-order valence-electron chi connectivity index (χ3n) is 2.42. The van der Waals surface area contributed by atoms with Crippen LogP contribution in [0.25, 0.3) is 11.4 Å². The van der Waals surface area contributed by atoms with Gasteiger partial charge in [-0.15, -0.1) is 0 Å². The number of nitro groups is 1. The van der Waals surface area contributed by atoms with Crippen LogP contribution in [0.2, 0.25) is 0 Å². The highest BCUT2D eigenvalue weighted by atomic mass is 16.6. The molecule has 19 heavy (non-hydrogen) atoms. The van der Waals surface area contributed by atoms with Crippen LogP contribution in [0.15, 0.2) is 30.3 Å². The molecule has 0 atom stereocenters. The summed E-state index contributed by atoms with van der Waals surface area (Å²) in [5.74, 6) is 0.0475. The Bertz CT molecular complexity index is 576. The number of ether oxygens (including phenoxy) is 2. The molecule has 0 N–H and O–H groups in total. The number of benzene rings is 1. The third-order valence-corrected chi connectivity index (χ3v) is 2.42. The molecule has 0 spiro atoms. The SMILES string of the molecule is COc1nc(-c2ccccc2)nc(OC)c1[N+](=O)[O-]. The van der Waals surface area contributed by atoms with Crippen LogP contribution in [0.3, 0.4) is 0 Å². The van der Waals surface area contributed by atoms with Gasteiger partial charge < -0.3 is 9.47 Å². The van der Waals surface area contributed by atoms with E-state index in [0.29, 0.717) is 11.4 Å². The van der Waals surface area contributed by atoms with Crippen LogP contribution in [0, 0.1) is 10.1 Å². The number of methoxy groups -OCH3 is 2. The molecule has 7 heteroatoms. The van der Waals surface area contributed by atoms with Crippen molar-refractivity contribution in [1.29, 1.82) is 0 Å². The molecule has 2 rings (SSSR count). The molecule has 0 saturated heterocycles. The fourth-order valence-corrected chi connectivity index (χ4v) is 1.57. The molecule has 0 unspecified atom stereocenters. The Hall–Kier alpha value is -2.70. The highest BCUT2D eigenvalue weighted by Crippen LogP contribution is 2.35. The standard InChI is InChI=1S/C12H11N3O4/c1-18-11-9(15(16)17)12(19-2)14-10(13-11)8-6-4-3-5-7-8/h3-7H,1-2H3. The summed E-state index contributed by atoms with van der Waals surface area (Å²) in [6.07, 6.45) is 0. The van der Waals surface area contributed by atoms with Crippen molar-refractivity contribution in [2.45, 2.75) is 0 Å². The normalized spacial score (nSPS) is 10.0. The largest absolute Gasteiger partial charge is 0.476 e. The van der Waals surface area contributed by atoms with Crippen LogP contribution in [0.1, 0.15) is 0 Å². The molecule has 0 aliphatic rings. The molecular weight excluding hydrogens is 250 g/mol. The lowest BCUT2D eigenvalue weighted by molar-refractivity contribution is -0.387. The Morgan fingerprint density at radius 3 is 2.00 bits per heavy atom. The van der Waals surface area contributed by atoms with Gasteiger partial charge in [-0.2, -0.15) is 9.97 Å². The van der Waals surface area contributed by atoms with Gasteiger partial charge in [0.1, 0.15) is 0 Å². The van der Waals surface area contributed by atoms with E-state index in [4.69, 9.17) is 9.47 Å². The fraction of sp³-hybridized carbons (Fsp3) is 0.167. The summed E-state index contributed by atoms with van der Waals surface area (Å²) in [6.45, 7) is 0. The summed E-state index contributed by atoms with van der Waals surface area (Å²) in [4.78, 5) is 18.4. The molecule has 0 fully saturated rings. The van der Waals surface area contributed by atoms with Crippen molar-refractivity contribution in [1.82, 2.24) is 9.97 Å². The highest BCUT2D eigenvalue weighted by molar-refractivity contribution is 5.61. The van der Waals surface area contributed by atoms with E-state index in [1.165, 1.54) is 14.2 Å². The first-order chi connectivity index (χ1) is 9.17. The monoisotopic (exact) mass is 261 g/mol. The summed E-state index contributed by atoms with van der Waals surface area (Å²) in [6, 6.07) is 9.07. The van der Waals surface area contributed by atoms with Crippen LogP contribution in [-0.2, 0) is 0 Å². The van der Waals surface area contributed by atoms with Gasteiger partial charge in [-0.05, 0) is 0 Å². The summed E-state index contributed by atoms with van der Waals surface area (Å²) >= 11 is 0. The smallest absolute Gasteiger partial charge is 0.392 e. The topological polar surface area (TPSA) is 87.4 Å². The Labute approximate surface area is 109 Å². The molecule has 0 saturated carbocycles. The van der Waals surface area contributed by atoms with E-state index in [-0.39, 0.29) is 17.4 Å². The first kappa shape index (κ1) is 12.7. The van der Waals surface area contributed by atoms with Crippen LogP contribution >= 0.6 is 0 Å². The second kappa shape index (κ2) is 5.30. The van der Waals surface area contributed by atoms with Crippen LogP contribution in [0.4, 0.5) is 5.69 Å². The third kappa shape index (κ3) is 2.44. The maximum atomic E-state index is 11.0. The van der Waals surface area contributed by atoms with E-state index in [1.54, 1.807) is 12.1 Å². The number of aromatic nitrogens is 2. The van der Waals surface area contributed by atoms with E-state index >= 15 is 0 Å². The molecule has 1 aromatic heterocycles. The van der Waals surface area contributed by atoms with Crippen molar-refractivity contribution in [3.63, 3.8) is 0 Å². The average Bonchev–Trinajstić information content (AvgIpc) is 2.46. The van der Waals surface area contributed by atoms with E-state index in [0.717, 1.165) is 0 Å². The van der Waals surface area contributed by atoms with Crippen molar-refractivity contribution in [2.75, 3.05) is 14.2 Å². The van der Waals surface area contributed by atoms with Crippen molar-refractivity contribution >= 4 is 5.69 Å². The van der Waals surface area contributed by atoms with Gasteiger partial charge >= 0.3 is 17.4 Å². The van der Waals surface area contributed by atoms with Gasteiger partial charge in [0.15, 0.2) is 5.82 Å². The van der Waals surface area contributed by atoms with Gasteiger partial charge in [-0.25, -0.2) is 0 Å². The van der Waals surface area contributed by atoms with Crippen molar-refractivity contribution in [3.05, 3.63) is 40.4 Å². The van der Waals surface area contributed by atoms with Crippen molar-refractivity contribution < 1.29 is 14.4 Å². The van der Waals surface area contributed by atoms with Crippen molar-refractivity contribution in [2.24, 2.45) is 0 Å². The number of hydrogen-bond donors (Lipinski definition) is 0. The molecule has 7 nitrogen and oxygen atoms in total. The lowest BCUT2D eigenvalue weighted by Gasteiger charge is -2.07. The van der Waals surface area contributed by atoms with Gasteiger partial charge in [-0.1, -0.05) is 30.3 Å². The van der Waals surface area contributed by atoms with Gasteiger partial charge in [0.2, 0.25) is 0 Å². The van der Waals surface area contributed by atoms with Crippen molar-refractivity contribution in [3.8, 4) is 23.1 Å². The lowest BCUT2D eigenvalue weighted by Crippen LogP contribution is -2.03. The fourth-order valence-electron chi connectivity index (χ4n) is 1.57. The van der Waals surface area contributed by atoms with Crippen LogP contribution in [0.5, 0.6) is 11.8 Å². The molecule has 1 heterocycles. The van der Waals surface area contributed by atoms with E-state index in [9.17, 15) is 10.1 Å². The molecular formula is C12H11N3O4. The lowest BCUT2D eigenvalue weighted by atomic mass is 10.2. The summed E-state index contributed by atoms with van der Waals surface area (Å²) in [5, 5.41) is 11.0. The molecule has 0 bridgehead atoms. The first-order valence-corrected chi connectivity index (χ1v) is 5.37. The number of nitrogens with zero attached hydrogens (tertiary/aromatic N) is 3. The van der Waals surface area contributed by atoms with Gasteiger partial charge in [-0.3, -0.25) is 10.1 Å². The van der Waals surface area contributed by atoms with E-state index in [1.807, 2.05) is 18.2 Å². The van der Waals surface area contributed by atoms with Crippen LogP contribution < -0.4 is 9.47 Å². The minimum absolute atomic E-state index is 0.129. The zero-order valence-corrected chi connectivity index (χ0v) is 10.4. The van der Waals surface area contributed by atoms with Gasteiger partial charge in [0.05, 0.1) is 19.1 Å². The Kier molecular flexibility index (Phi) is 3.56. The van der Waals surface area contributed by atoms with Crippen LogP contribution in [-0.4, -0.2) is 29.1 Å². The van der Waals surface area contributed by atoms with Gasteiger partial charge in [0, 0.05) is 5.56 Å². The number of hydrogen-bond acceptors (Lipinski definition) is 6. The minimum Gasteiger partial charge on any atom is -0.476 e. The Morgan fingerprint density at radius 2 is 1.58 bits per heavy atom. The molecule has 0 aliphatic carbocycles. The Balaban J connectivity index is 2.63. The highest BCUT2D eigenvalue weighted by Gasteiger charge is 2.27. The second-order valence-corrected chi connectivity index (χ2v) is 3.54. The average molecular weight is 261 g/mol. The zero-order valence-electron chi connectivity index (χ0n) is 10.4. The summed E-state index contributed by atoms with van der Waals surface area (Å²) in [5.41, 5.74) is 0.332. The Morgan fingerprint density at radius 1 is 1.05 bits per heavy atom. The predicted octanol–water partition coefficient (Wildman–Crippen LogP) is 2.07. The zero-order chi connectivity index (χ0) is 13.8. The maximum Gasteiger partial charge on any atom is 0.392 e. The molecule has 1 aromatic carbocycles. The first-order valence-electron chi connectivity index (χ1n) is 5.37. The molecule has 0 aliphatic heterocycles. The molecule has 0 amide bonds. The predicted molar refractivity (Wildman–Crippen MR) is 67.2 cm³/mol. The molecule has 2 aromatic rings. The molecule has 98 valence electrons. The van der Waals surface area contributed by atoms with E-state index < -0.39 is 4.92 Å². The summed E-state index contributed by atoms with van der Waals surface area (Å²) in [7, 11) is 2.62. The summed E-state index contributed by atoms with van der Waals surface area (Å²) < 4.78 is 9.88. The minimum atomic E-state index is -0.633. The van der Waals surface area contributed by atoms with Gasteiger partial charge in [0.25, 0.3) is 0 Å². The number of rotatable bonds is 4.